The molecule has 3 saturated heterocycles. The zero-order valence-corrected chi connectivity index (χ0v) is 31.8. The molecule has 15 heteroatoms. The predicted octanol–water partition coefficient (Wildman–Crippen LogP) is 5.25. The van der Waals surface area contributed by atoms with Crippen molar-refractivity contribution in [3.63, 3.8) is 0 Å². The van der Waals surface area contributed by atoms with E-state index >= 15 is 0 Å². The van der Waals surface area contributed by atoms with Crippen molar-refractivity contribution in [2.45, 2.75) is 51.0 Å². The summed E-state index contributed by atoms with van der Waals surface area (Å²) in [7, 11) is 0. The first-order chi connectivity index (χ1) is 28.1. The highest BCUT2D eigenvalue weighted by Gasteiger charge is 2.45. The van der Waals surface area contributed by atoms with Crippen LogP contribution in [0, 0.1) is 11.8 Å². The summed E-state index contributed by atoms with van der Waals surface area (Å²) >= 11 is 0. The van der Waals surface area contributed by atoms with Crippen molar-refractivity contribution < 1.29 is 33.6 Å². The molecule has 298 valence electrons. The second-order valence-electron chi connectivity index (χ2n) is 15.4. The molecule has 5 N–H and O–H groups in total. The van der Waals surface area contributed by atoms with E-state index < -0.39 is 41.6 Å². The fourth-order valence-corrected chi connectivity index (χ4v) is 8.44. The van der Waals surface area contributed by atoms with Gasteiger partial charge in [0.05, 0.1) is 11.1 Å². The molecule has 4 aliphatic rings. The van der Waals surface area contributed by atoms with Gasteiger partial charge in [-0.25, -0.2) is 4.79 Å². The van der Waals surface area contributed by atoms with Crippen molar-refractivity contribution >= 4 is 75.1 Å². The Morgan fingerprint density at radius 3 is 2.07 bits per heavy atom. The number of likely N-dealkylation sites (tertiary alicyclic amines) is 1. The summed E-state index contributed by atoms with van der Waals surface area (Å²) in [6.07, 6.45) is 9.45. The molecule has 8 amide bonds. The maximum Gasteiger partial charge on any atom is 0.323 e. The quantitative estimate of drug-likeness (QED) is 0.112. The Bertz CT molecular complexity index is 2320. The molecule has 0 saturated carbocycles. The van der Waals surface area contributed by atoms with Gasteiger partial charge in [0.2, 0.25) is 23.6 Å². The standard InChI is InChI=1S/C43H44N8O7/c52-37(45-29-1-3-30(4-2-29)46-43(58)47-31-5-8-35-28(24-31)13-18-44-35)11-12-39(54)50-21-16-27(17-22-50)23-26-14-19-49(20-15-26)32-6-7-33-34(25-32)42(57)51(41(33)56)36-9-10-38(53)48-40(36)55/h1-8,11-13,18,24-27,36,44H,9-10,14-17,19-23H2,(H,45,52)(H2,46,47,58)(H,48,53,55)/b12-11+. The Labute approximate surface area is 334 Å². The number of aromatic amines is 1. The summed E-state index contributed by atoms with van der Waals surface area (Å²) in [6.45, 7) is 2.90. The molecule has 1 aromatic heterocycles. The van der Waals surface area contributed by atoms with Crippen LogP contribution < -0.4 is 26.2 Å². The molecule has 0 aliphatic carbocycles. The van der Waals surface area contributed by atoms with Crippen molar-refractivity contribution in [2.24, 2.45) is 11.8 Å². The molecule has 0 bridgehead atoms. The van der Waals surface area contributed by atoms with E-state index in [1.165, 1.54) is 12.2 Å². The Morgan fingerprint density at radius 1 is 0.690 bits per heavy atom. The second-order valence-corrected chi connectivity index (χ2v) is 15.4. The van der Waals surface area contributed by atoms with Crippen LogP contribution in [0.4, 0.5) is 27.5 Å². The lowest BCUT2D eigenvalue weighted by molar-refractivity contribution is -0.136. The maximum atomic E-state index is 13.3. The minimum atomic E-state index is -0.987. The third kappa shape index (κ3) is 8.33. The van der Waals surface area contributed by atoms with Crippen molar-refractivity contribution in [3.05, 3.63) is 96.2 Å². The minimum Gasteiger partial charge on any atom is -0.371 e. The van der Waals surface area contributed by atoms with Crippen LogP contribution in [0.5, 0.6) is 0 Å². The second kappa shape index (κ2) is 16.4. The first-order valence-corrected chi connectivity index (χ1v) is 19.7. The van der Waals surface area contributed by atoms with Gasteiger partial charge in [0.25, 0.3) is 11.8 Å². The van der Waals surface area contributed by atoms with E-state index in [9.17, 15) is 33.6 Å². The molecule has 0 radical (unpaired) electrons. The van der Waals surface area contributed by atoms with Crippen LogP contribution in [0.1, 0.15) is 65.7 Å². The number of amides is 8. The molecule has 1 unspecified atom stereocenters. The number of carbonyl (C=O) groups is 7. The number of H-pyrrole nitrogens is 1. The molecule has 0 spiro atoms. The number of anilines is 4. The number of carbonyl (C=O) groups excluding carboxylic acids is 7. The normalized spacial score (nSPS) is 19.1. The molecule has 15 nitrogen and oxygen atoms in total. The Kier molecular flexibility index (Phi) is 10.8. The molecule has 58 heavy (non-hydrogen) atoms. The Morgan fingerprint density at radius 2 is 1.34 bits per heavy atom. The van der Waals surface area contributed by atoms with E-state index in [0.29, 0.717) is 42.0 Å². The SMILES string of the molecule is O=C(/C=C/C(=O)N1CCC(CC2CCN(c3ccc4c(c3)C(=O)N(C3CCC(=O)NC3=O)C4=O)CC2)CC1)Nc1ccc(NC(=O)Nc2ccc3[nH]ccc3c2)cc1. The van der Waals surface area contributed by atoms with Gasteiger partial charge in [-0.05, 0) is 117 Å². The fraction of sp³-hybridized carbons (Fsp3) is 0.326. The Hall–Kier alpha value is -6.77. The summed E-state index contributed by atoms with van der Waals surface area (Å²) in [4.78, 5) is 96.5. The average molecular weight is 785 g/mol. The van der Waals surface area contributed by atoms with Gasteiger partial charge in [-0.2, -0.15) is 0 Å². The lowest BCUT2D eigenvalue weighted by Gasteiger charge is -2.37. The number of nitrogens with zero attached hydrogens (tertiary/aromatic N) is 3. The van der Waals surface area contributed by atoms with Gasteiger partial charge in [0.1, 0.15) is 6.04 Å². The molecular formula is C43H44N8O7. The van der Waals surface area contributed by atoms with Crippen LogP contribution >= 0.6 is 0 Å². The summed E-state index contributed by atoms with van der Waals surface area (Å²) in [5, 5.41) is 11.5. The highest BCUT2D eigenvalue weighted by atomic mass is 16.2. The van der Waals surface area contributed by atoms with E-state index in [1.54, 1.807) is 41.3 Å². The maximum absolute atomic E-state index is 13.3. The first kappa shape index (κ1) is 38.1. The molecule has 4 aromatic rings. The van der Waals surface area contributed by atoms with E-state index in [-0.39, 0.29) is 29.9 Å². The summed E-state index contributed by atoms with van der Waals surface area (Å²) < 4.78 is 0. The minimum absolute atomic E-state index is 0.0789. The molecule has 3 fully saturated rings. The number of fused-ring (bicyclic) bond motifs is 2. The van der Waals surface area contributed by atoms with Gasteiger partial charge in [-0.1, -0.05) is 0 Å². The average Bonchev–Trinajstić information content (AvgIpc) is 3.79. The predicted molar refractivity (Wildman–Crippen MR) is 217 cm³/mol. The smallest absolute Gasteiger partial charge is 0.323 e. The number of piperidine rings is 3. The van der Waals surface area contributed by atoms with Crippen molar-refractivity contribution in [3.8, 4) is 0 Å². The summed E-state index contributed by atoms with van der Waals surface area (Å²) in [6, 6.07) is 18.1. The lowest BCUT2D eigenvalue weighted by Crippen LogP contribution is -2.54. The lowest BCUT2D eigenvalue weighted by atomic mass is 9.82. The fourth-order valence-electron chi connectivity index (χ4n) is 8.44. The molecule has 3 aromatic carbocycles. The van der Waals surface area contributed by atoms with Crippen molar-refractivity contribution in [1.82, 2.24) is 20.1 Å². The van der Waals surface area contributed by atoms with Crippen molar-refractivity contribution in [1.29, 1.82) is 0 Å². The molecule has 5 heterocycles. The molecule has 1 atom stereocenters. The summed E-state index contributed by atoms with van der Waals surface area (Å²) in [5.41, 5.74) is 4.14. The number of hydrogen-bond acceptors (Lipinski definition) is 8. The summed E-state index contributed by atoms with van der Waals surface area (Å²) in [5.74, 6) is -1.61. The van der Waals surface area contributed by atoms with Crippen LogP contribution in [0.15, 0.2) is 85.1 Å². The highest BCUT2D eigenvalue weighted by Crippen LogP contribution is 2.35. The van der Waals surface area contributed by atoms with Crippen LogP contribution in [0.25, 0.3) is 10.9 Å². The highest BCUT2D eigenvalue weighted by molar-refractivity contribution is 6.23. The number of nitrogens with one attached hydrogen (secondary N) is 5. The number of urea groups is 1. The largest absolute Gasteiger partial charge is 0.371 e. The number of rotatable bonds is 9. The number of benzene rings is 3. The molecule has 8 rings (SSSR count). The molecular weight excluding hydrogens is 741 g/mol. The monoisotopic (exact) mass is 784 g/mol. The van der Waals surface area contributed by atoms with E-state index in [0.717, 1.165) is 66.7 Å². The zero-order chi connectivity index (χ0) is 40.3. The van der Waals surface area contributed by atoms with Crippen LogP contribution in [0.3, 0.4) is 0 Å². The van der Waals surface area contributed by atoms with Crippen LogP contribution in [0.2, 0.25) is 0 Å². The van der Waals surface area contributed by atoms with Gasteiger partial charge in [-0.15, -0.1) is 0 Å². The van der Waals surface area contributed by atoms with E-state index in [4.69, 9.17) is 0 Å². The van der Waals surface area contributed by atoms with Crippen molar-refractivity contribution in [2.75, 3.05) is 47.0 Å². The Balaban J connectivity index is 0.741. The van der Waals surface area contributed by atoms with Gasteiger partial charge < -0.3 is 30.7 Å². The van der Waals surface area contributed by atoms with Gasteiger partial charge in [-0.3, -0.25) is 39.0 Å². The van der Waals surface area contributed by atoms with E-state index in [1.807, 2.05) is 36.5 Å². The number of hydrogen-bond donors (Lipinski definition) is 5. The third-order valence-electron chi connectivity index (χ3n) is 11.6. The molecule has 4 aliphatic heterocycles. The van der Waals surface area contributed by atoms with E-state index in [2.05, 4.69) is 31.2 Å². The zero-order valence-electron chi connectivity index (χ0n) is 31.8. The number of aromatic nitrogens is 1. The van der Waals surface area contributed by atoms with Gasteiger partial charge in [0, 0.05) is 84.6 Å². The topological polar surface area (TPSA) is 193 Å². The first-order valence-electron chi connectivity index (χ1n) is 19.7. The van der Waals surface area contributed by atoms with Crippen LogP contribution in [-0.2, 0) is 19.2 Å². The third-order valence-corrected chi connectivity index (χ3v) is 11.6. The number of imide groups is 2. The van der Waals surface area contributed by atoms with Crippen LogP contribution in [-0.4, -0.2) is 88.5 Å². The van der Waals surface area contributed by atoms with Gasteiger partial charge >= 0.3 is 6.03 Å². The van der Waals surface area contributed by atoms with Gasteiger partial charge in [0.15, 0.2) is 0 Å².